The number of imidazole rings is 1. The molecule has 2 aromatic carbocycles. The standard InChI is InChI=1S/C29H34N4O/c30-28(34)29(22-9-3-1-4-10-22,23-11-5-2-6-12-23)33-26-14-8-7-13-24(26)32-27(33)21-16-15-20-17-18-31-25(20)19-21/h7-8,13-19,22-23,31H,1-6,9-12H2,(H2,30,34). The summed E-state index contributed by atoms with van der Waals surface area (Å²) in [5.74, 6) is 1.18. The number of H-pyrrole nitrogens is 1. The predicted octanol–water partition coefficient (Wildman–Crippen LogP) is 6.53. The molecule has 34 heavy (non-hydrogen) atoms. The Labute approximate surface area is 200 Å². The summed E-state index contributed by atoms with van der Waals surface area (Å²) in [7, 11) is 0. The van der Waals surface area contributed by atoms with Crippen LogP contribution in [-0.2, 0) is 10.3 Å². The van der Waals surface area contributed by atoms with Crippen LogP contribution in [0.4, 0.5) is 0 Å². The molecule has 5 nitrogen and oxygen atoms in total. The molecule has 2 aliphatic carbocycles. The van der Waals surface area contributed by atoms with Crippen molar-refractivity contribution in [3.05, 3.63) is 54.7 Å². The molecule has 176 valence electrons. The molecular weight excluding hydrogens is 420 g/mol. The van der Waals surface area contributed by atoms with Crippen molar-refractivity contribution in [1.29, 1.82) is 0 Å². The first-order valence-electron chi connectivity index (χ1n) is 13.0. The lowest BCUT2D eigenvalue weighted by Gasteiger charge is -2.48. The first-order valence-corrected chi connectivity index (χ1v) is 13.0. The Balaban J connectivity index is 1.66. The van der Waals surface area contributed by atoms with Gasteiger partial charge < -0.3 is 15.3 Å². The number of carbonyl (C=O) groups excluding carboxylic acids is 1. The maximum Gasteiger partial charge on any atom is 0.244 e. The third kappa shape index (κ3) is 3.28. The van der Waals surface area contributed by atoms with Crippen molar-refractivity contribution in [3.8, 4) is 11.4 Å². The van der Waals surface area contributed by atoms with Crippen LogP contribution in [0.1, 0.15) is 64.2 Å². The minimum Gasteiger partial charge on any atom is -0.368 e. The van der Waals surface area contributed by atoms with E-state index in [-0.39, 0.29) is 17.7 Å². The highest BCUT2D eigenvalue weighted by Gasteiger charge is 2.53. The Morgan fingerprint density at radius 2 is 1.59 bits per heavy atom. The van der Waals surface area contributed by atoms with Gasteiger partial charge in [-0.15, -0.1) is 0 Å². The van der Waals surface area contributed by atoms with E-state index in [0.29, 0.717) is 0 Å². The minimum atomic E-state index is -0.753. The van der Waals surface area contributed by atoms with Gasteiger partial charge in [0.25, 0.3) is 0 Å². The number of benzene rings is 2. The Bertz CT molecular complexity index is 1300. The molecule has 6 rings (SSSR count). The Morgan fingerprint density at radius 3 is 2.26 bits per heavy atom. The van der Waals surface area contributed by atoms with Crippen molar-refractivity contribution >= 4 is 27.8 Å². The number of carbonyl (C=O) groups is 1. The average molecular weight is 455 g/mol. The molecule has 5 heteroatoms. The number of nitrogens with one attached hydrogen (secondary N) is 1. The molecule has 0 aliphatic heterocycles. The van der Waals surface area contributed by atoms with Crippen LogP contribution in [-0.4, -0.2) is 20.4 Å². The highest BCUT2D eigenvalue weighted by molar-refractivity contribution is 5.91. The molecule has 2 aliphatic rings. The smallest absolute Gasteiger partial charge is 0.244 e. The number of aromatic nitrogens is 3. The SMILES string of the molecule is NC(=O)C(C1CCCCC1)(C1CCCCC1)n1c(-c2ccc3cc[nH]c3c2)nc2ccccc21. The third-order valence-electron chi connectivity index (χ3n) is 8.59. The van der Waals surface area contributed by atoms with Crippen molar-refractivity contribution in [2.75, 3.05) is 0 Å². The van der Waals surface area contributed by atoms with Crippen LogP contribution in [0.15, 0.2) is 54.7 Å². The van der Waals surface area contributed by atoms with Crippen LogP contribution in [0.5, 0.6) is 0 Å². The van der Waals surface area contributed by atoms with Gasteiger partial charge >= 0.3 is 0 Å². The molecule has 0 saturated heterocycles. The fraction of sp³-hybridized carbons (Fsp3) is 0.448. The highest BCUT2D eigenvalue weighted by atomic mass is 16.1. The second-order valence-corrected chi connectivity index (χ2v) is 10.4. The van der Waals surface area contributed by atoms with Crippen LogP contribution < -0.4 is 5.73 Å². The maximum absolute atomic E-state index is 13.9. The van der Waals surface area contributed by atoms with E-state index in [2.05, 4.69) is 52.0 Å². The normalized spacial score (nSPS) is 18.6. The van der Waals surface area contributed by atoms with E-state index in [9.17, 15) is 4.79 Å². The number of primary amides is 1. The summed E-state index contributed by atoms with van der Waals surface area (Å²) in [6.07, 6.45) is 13.4. The number of aromatic amines is 1. The lowest BCUT2D eigenvalue weighted by molar-refractivity contribution is -0.135. The second kappa shape index (κ2) is 8.61. The Kier molecular flexibility index (Phi) is 5.43. The lowest BCUT2D eigenvalue weighted by Crippen LogP contribution is -2.58. The predicted molar refractivity (Wildman–Crippen MR) is 137 cm³/mol. The number of nitrogens with zero attached hydrogens (tertiary/aromatic N) is 2. The minimum absolute atomic E-state index is 0.170. The summed E-state index contributed by atoms with van der Waals surface area (Å²) >= 11 is 0. The lowest BCUT2D eigenvalue weighted by atomic mass is 9.63. The van der Waals surface area contributed by atoms with E-state index < -0.39 is 5.54 Å². The van der Waals surface area contributed by atoms with Gasteiger partial charge in [0.05, 0.1) is 11.0 Å². The van der Waals surface area contributed by atoms with E-state index in [1.807, 2.05) is 12.3 Å². The molecule has 2 saturated carbocycles. The van der Waals surface area contributed by atoms with Gasteiger partial charge in [0.1, 0.15) is 11.4 Å². The molecule has 2 aromatic heterocycles. The summed E-state index contributed by atoms with van der Waals surface area (Å²) in [6.45, 7) is 0. The number of para-hydroxylation sites is 2. The molecule has 4 aromatic rings. The number of hydrogen-bond acceptors (Lipinski definition) is 2. The molecule has 0 radical (unpaired) electrons. The van der Waals surface area contributed by atoms with Crippen molar-refractivity contribution in [2.45, 2.75) is 69.7 Å². The van der Waals surface area contributed by atoms with Crippen molar-refractivity contribution in [3.63, 3.8) is 0 Å². The fourth-order valence-electron chi connectivity index (χ4n) is 7.08. The summed E-state index contributed by atoms with van der Waals surface area (Å²) in [5.41, 5.74) is 9.86. The molecule has 0 atom stereocenters. The van der Waals surface area contributed by atoms with Crippen molar-refractivity contribution < 1.29 is 4.79 Å². The van der Waals surface area contributed by atoms with Crippen molar-refractivity contribution in [1.82, 2.24) is 14.5 Å². The van der Waals surface area contributed by atoms with Gasteiger partial charge in [-0.05, 0) is 67.2 Å². The average Bonchev–Trinajstić information content (AvgIpc) is 3.50. The van der Waals surface area contributed by atoms with Gasteiger partial charge in [0, 0.05) is 17.3 Å². The van der Waals surface area contributed by atoms with Crippen molar-refractivity contribution in [2.24, 2.45) is 17.6 Å². The quantitative estimate of drug-likeness (QED) is 0.360. The van der Waals surface area contributed by atoms with Crippen LogP contribution in [0.25, 0.3) is 33.3 Å². The van der Waals surface area contributed by atoms with Gasteiger partial charge in [-0.25, -0.2) is 4.98 Å². The van der Waals surface area contributed by atoms with E-state index in [0.717, 1.165) is 53.6 Å². The summed E-state index contributed by atoms with van der Waals surface area (Å²) < 4.78 is 2.31. The van der Waals surface area contributed by atoms with E-state index in [1.165, 1.54) is 43.9 Å². The largest absolute Gasteiger partial charge is 0.368 e. The zero-order valence-electron chi connectivity index (χ0n) is 19.8. The molecule has 0 unspecified atom stereocenters. The number of rotatable bonds is 5. The first kappa shape index (κ1) is 21.5. The van der Waals surface area contributed by atoms with Crippen LogP contribution in [0.2, 0.25) is 0 Å². The third-order valence-corrected chi connectivity index (χ3v) is 8.59. The molecule has 0 spiro atoms. The van der Waals surface area contributed by atoms with E-state index in [4.69, 9.17) is 10.7 Å². The highest BCUT2D eigenvalue weighted by Crippen LogP contribution is 2.50. The van der Waals surface area contributed by atoms with Gasteiger partial charge in [-0.2, -0.15) is 0 Å². The molecule has 3 N–H and O–H groups in total. The summed E-state index contributed by atoms with van der Waals surface area (Å²) in [4.78, 5) is 22.4. The number of amides is 1. The maximum atomic E-state index is 13.9. The van der Waals surface area contributed by atoms with Gasteiger partial charge in [-0.3, -0.25) is 4.79 Å². The summed E-state index contributed by atoms with van der Waals surface area (Å²) in [5, 5.41) is 1.17. The Hall–Kier alpha value is -3.08. The zero-order chi connectivity index (χ0) is 23.1. The first-order chi connectivity index (χ1) is 16.7. The topological polar surface area (TPSA) is 76.7 Å². The second-order valence-electron chi connectivity index (χ2n) is 10.4. The van der Waals surface area contributed by atoms with E-state index in [1.54, 1.807) is 0 Å². The number of hydrogen-bond donors (Lipinski definition) is 2. The molecule has 1 amide bonds. The van der Waals surface area contributed by atoms with E-state index >= 15 is 0 Å². The van der Waals surface area contributed by atoms with Gasteiger partial charge in [0.2, 0.25) is 5.91 Å². The number of fused-ring (bicyclic) bond motifs is 2. The van der Waals surface area contributed by atoms with Gasteiger partial charge in [-0.1, -0.05) is 62.8 Å². The molecular formula is C29H34N4O. The summed E-state index contributed by atoms with van der Waals surface area (Å²) in [6, 6.07) is 16.8. The van der Waals surface area contributed by atoms with Crippen LogP contribution >= 0.6 is 0 Å². The van der Waals surface area contributed by atoms with Gasteiger partial charge in [0.15, 0.2) is 0 Å². The van der Waals surface area contributed by atoms with Crippen LogP contribution in [0, 0.1) is 11.8 Å². The zero-order valence-corrected chi connectivity index (χ0v) is 19.8. The Morgan fingerprint density at radius 1 is 0.912 bits per heavy atom. The monoisotopic (exact) mass is 454 g/mol. The molecule has 2 fully saturated rings. The van der Waals surface area contributed by atoms with Crippen LogP contribution in [0.3, 0.4) is 0 Å². The molecule has 0 bridgehead atoms. The molecule has 2 heterocycles. The number of nitrogens with two attached hydrogens (primary N) is 1. The fourth-order valence-corrected chi connectivity index (χ4v) is 7.08.